The average molecular weight is 379 g/mol. The van der Waals surface area contributed by atoms with E-state index in [0.29, 0.717) is 47.4 Å². The third-order valence-electron chi connectivity index (χ3n) is 3.60. The maximum Gasteiger partial charge on any atom is 0.221 e. The van der Waals surface area contributed by atoms with Gasteiger partial charge >= 0.3 is 0 Å². The zero-order valence-electron chi connectivity index (χ0n) is 13.2. The molecule has 1 amide bonds. The molecule has 25 heavy (non-hydrogen) atoms. The number of halogens is 2. The van der Waals surface area contributed by atoms with Crippen LogP contribution >= 0.6 is 23.2 Å². The van der Waals surface area contributed by atoms with Crippen molar-refractivity contribution in [2.75, 3.05) is 18.4 Å². The molecule has 9 heteroatoms. The zero-order chi connectivity index (χ0) is 17.6. The van der Waals surface area contributed by atoms with Crippen LogP contribution in [-0.2, 0) is 11.2 Å². The lowest BCUT2D eigenvalue weighted by Crippen LogP contribution is -2.27. The van der Waals surface area contributed by atoms with Gasteiger partial charge in [-0.05, 0) is 24.1 Å². The lowest BCUT2D eigenvalue weighted by molar-refractivity contribution is -0.120. The Hall–Kier alpha value is -2.38. The summed E-state index contributed by atoms with van der Waals surface area (Å²) in [5.74, 6) is 0.579. The molecule has 0 bridgehead atoms. The third kappa shape index (κ3) is 4.58. The Morgan fingerprint density at radius 1 is 1.16 bits per heavy atom. The average Bonchev–Trinajstić information content (AvgIpc) is 3.06. The number of nitrogens with one attached hydrogen (secondary N) is 3. The van der Waals surface area contributed by atoms with Crippen LogP contribution in [0.1, 0.15) is 12.0 Å². The summed E-state index contributed by atoms with van der Waals surface area (Å²) in [4.78, 5) is 27.1. The van der Waals surface area contributed by atoms with Gasteiger partial charge in [-0.3, -0.25) is 4.79 Å². The van der Waals surface area contributed by atoms with Crippen LogP contribution in [0.25, 0.3) is 11.2 Å². The van der Waals surface area contributed by atoms with Crippen LogP contribution in [0, 0.1) is 0 Å². The maximum atomic E-state index is 11.9. The van der Waals surface area contributed by atoms with Crippen molar-refractivity contribution >= 4 is 46.1 Å². The molecule has 3 rings (SSSR count). The molecule has 0 unspecified atom stereocenters. The van der Waals surface area contributed by atoms with Crippen LogP contribution in [-0.4, -0.2) is 38.9 Å². The fourth-order valence-corrected chi connectivity index (χ4v) is 2.85. The van der Waals surface area contributed by atoms with Crippen LogP contribution in [0.15, 0.2) is 30.9 Å². The maximum absolute atomic E-state index is 11.9. The Labute approximate surface area is 154 Å². The number of benzene rings is 1. The van der Waals surface area contributed by atoms with E-state index in [1.165, 1.54) is 6.33 Å². The number of hydrogen-bond donors (Lipinski definition) is 3. The Morgan fingerprint density at radius 3 is 2.88 bits per heavy atom. The second kappa shape index (κ2) is 8.13. The molecular weight excluding hydrogens is 363 g/mol. The summed E-state index contributed by atoms with van der Waals surface area (Å²) in [6.07, 6.45) is 3.96. The van der Waals surface area contributed by atoms with E-state index in [9.17, 15) is 4.79 Å². The van der Waals surface area contributed by atoms with E-state index >= 15 is 0 Å². The quantitative estimate of drug-likeness (QED) is 0.587. The van der Waals surface area contributed by atoms with E-state index in [1.54, 1.807) is 18.5 Å². The fourth-order valence-electron chi connectivity index (χ4n) is 2.34. The Balaban J connectivity index is 1.42. The lowest BCUT2D eigenvalue weighted by atomic mass is 10.1. The number of imidazole rings is 1. The van der Waals surface area contributed by atoms with Crippen molar-refractivity contribution in [3.8, 4) is 0 Å². The smallest absolute Gasteiger partial charge is 0.221 e. The van der Waals surface area contributed by atoms with Crippen LogP contribution in [0.5, 0.6) is 0 Å². The summed E-state index contributed by atoms with van der Waals surface area (Å²) in [6.45, 7) is 0.969. The summed E-state index contributed by atoms with van der Waals surface area (Å²) in [5, 5.41) is 7.18. The molecule has 0 aliphatic carbocycles. The number of fused-ring (bicyclic) bond motifs is 1. The summed E-state index contributed by atoms with van der Waals surface area (Å²) in [5.41, 5.74) is 2.26. The number of aromatic nitrogens is 4. The fraction of sp³-hybridized carbons (Fsp3) is 0.250. The van der Waals surface area contributed by atoms with Crippen molar-refractivity contribution in [2.24, 2.45) is 0 Å². The van der Waals surface area contributed by atoms with Gasteiger partial charge in [-0.25, -0.2) is 15.0 Å². The van der Waals surface area contributed by atoms with E-state index in [1.807, 2.05) is 6.07 Å². The molecule has 2 aromatic heterocycles. The predicted octanol–water partition coefficient (Wildman–Crippen LogP) is 2.82. The number of H-pyrrole nitrogens is 1. The highest BCUT2D eigenvalue weighted by molar-refractivity contribution is 6.35. The molecule has 2 heterocycles. The van der Waals surface area contributed by atoms with Gasteiger partial charge in [0.15, 0.2) is 11.5 Å². The minimum absolute atomic E-state index is 0.0486. The zero-order valence-corrected chi connectivity index (χ0v) is 14.7. The highest BCUT2D eigenvalue weighted by Gasteiger charge is 2.07. The second-order valence-electron chi connectivity index (χ2n) is 5.34. The van der Waals surface area contributed by atoms with Crippen molar-refractivity contribution in [3.05, 3.63) is 46.5 Å². The Morgan fingerprint density at radius 2 is 2.04 bits per heavy atom. The SMILES string of the molecule is O=C(CCNc1ncnc2nc[nH]c12)NCCc1ccc(Cl)cc1Cl. The first kappa shape index (κ1) is 17.4. The van der Waals surface area contributed by atoms with Gasteiger partial charge in [0.25, 0.3) is 0 Å². The number of aromatic amines is 1. The summed E-state index contributed by atoms with van der Waals surface area (Å²) in [6, 6.07) is 5.34. The lowest BCUT2D eigenvalue weighted by Gasteiger charge is -2.08. The normalized spacial score (nSPS) is 10.8. The minimum Gasteiger partial charge on any atom is -0.368 e. The molecule has 0 fully saturated rings. The molecule has 3 N–H and O–H groups in total. The molecule has 0 aliphatic heterocycles. The first-order valence-corrected chi connectivity index (χ1v) is 8.47. The van der Waals surface area contributed by atoms with Crippen LogP contribution in [0.3, 0.4) is 0 Å². The Kier molecular flexibility index (Phi) is 5.67. The predicted molar refractivity (Wildman–Crippen MR) is 98.0 cm³/mol. The number of anilines is 1. The van der Waals surface area contributed by atoms with Gasteiger partial charge in [-0.15, -0.1) is 0 Å². The third-order valence-corrected chi connectivity index (χ3v) is 4.19. The van der Waals surface area contributed by atoms with E-state index in [2.05, 4.69) is 30.6 Å². The van der Waals surface area contributed by atoms with Gasteiger partial charge < -0.3 is 15.6 Å². The van der Waals surface area contributed by atoms with E-state index in [0.717, 1.165) is 11.1 Å². The van der Waals surface area contributed by atoms with Crippen molar-refractivity contribution in [1.29, 1.82) is 0 Å². The van der Waals surface area contributed by atoms with Gasteiger partial charge in [-0.1, -0.05) is 29.3 Å². The molecule has 3 aromatic rings. The number of carbonyl (C=O) groups excluding carboxylic acids is 1. The number of rotatable bonds is 7. The highest BCUT2D eigenvalue weighted by atomic mass is 35.5. The van der Waals surface area contributed by atoms with Gasteiger partial charge in [0.1, 0.15) is 11.8 Å². The van der Waals surface area contributed by atoms with E-state index in [-0.39, 0.29) is 5.91 Å². The topological polar surface area (TPSA) is 95.6 Å². The molecule has 0 aliphatic rings. The molecule has 0 spiro atoms. The standard InChI is InChI=1S/C16H16Cl2N6O/c17-11-2-1-10(12(18)7-11)3-5-19-13(25)4-6-20-15-14-16(22-8-21-14)24-9-23-15/h1-2,7-9H,3-6H2,(H,19,25)(H2,20,21,22,23,24). The summed E-state index contributed by atoms with van der Waals surface area (Å²) < 4.78 is 0. The summed E-state index contributed by atoms with van der Waals surface area (Å²) >= 11 is 12.0. The van der Waals surface area contributed by atoms with Gasteiger partial charge in [-0.2, -0.15) is 0 Å². The molecule has 7 nitrogen and oxygen atoms in total. The van der Waals surface area contributed by atoms with Crippen LogP contribution in [0.2, 0.25) is 10.0 Å². The monoisotopic (exact) mass is 378 g/mol. The molecule has 0 saturated heterocycles. The van der Waals surface area contributed by atoms with E-state index in [4.69, 9.17) is 23.2 Å². The number of amides is 1. The van der Waals surface area contributed by atoms with Crippen LogP contribution in [0.4, 0.5) is 5.82 Å². The first-order valence-electron chi connectivity index (χ1n) is 7.72. The summed E-state index contributed by atoms with van der Waals surface area (Å²) in [7, 11) is 0. The van der Waals surface area contributed by atoms with Crippen LogP contribution < -0.4 is 10.6 Å². The second-order valence-corrected chi connectivity index (χ2v) is 6.18. The van der Waals surface area contributed by atoms with Gasteiger partial charge in [0.2, 0.25) is 5.91 Å². The molecule has 1 aromatic carbocycles. The van der Waals surface area contributed by atoms with Gasteiger partial charge in [0.05, 0.1) is 6.33 Å². The largest absolute Gasteiger partial charge is 0.368 e. The Bertz CT molecular complexity index is 882. The number of nitrogens with zero attached hydrogens (tertiary/aromatic N) is 3. The number of hydrogen-bond acceptors (Lipinski definition) is 5. The molecule has 130 valence electrons. The molecular formula is C16H16Cl2N6O. The minimum atomic E-state index is -0.0486. The molecule has 0 saturated carbocycles. The molecule has 0 radical (unpaired) electrons. The molecule has 0 atom stereocenters. The number of carbonyl (C=O) groups is 1. The highest BCUT2D eigenvalue weighted by Crippen LogP contribution is 2.21. The van der Waals surface area contributed by atoms with Crippen molar-refractivity contribution in [3.63, 3.8) is 0 Å². The van der Waals surface area contributed by atoms with Crippen molar-refractivity contribution < 1.29 is 4.79 Å². The van der Waals surface area contributed by atoms with E-state index < -0.39 is 0 Å². The van der Waals surface area contributed by atoms with Gasteiger partial charge in [0, 0.05) is 29.6 Å². The van der Waals surface area contributed by atoms with Crippen molar-refractivity contribution in [1.82, 2.24) is 25.3 Å². The van der Waals surface area contributed by atoms with Crippen molar-refractivity contribution in [2.45, 2.75) is 12.8 Å². The first-order chi connectivity index (χ1) is 12.1.